The zero-order valence-corrected chi connectivity index (χ0v) is 7.11. The molecule has 0 saturated carbocycles. The highest BCUT2D eigenvalue weighted by Crippen LogP contribution is 2.10. The van der Waals surface area contributed by atoms with Gasteiger partial charge in [0.05, 0.1) is 0 Å². The lowest BCUT2D eigenvalue weighted by atomic mass is 10.3. The Labute approximate surface area is 75.3 Å². The van der Waals surface area contributed by atoms with Crippen molar-refractivity contribution >= 4 is 17.8 Å². The fourth-order valence-corrected chi connectivity index (χ4v) is 0.873. The Morgan fingerprint density at radius 1 is 1.77 bits per heavy atom. The maximum atomic E-state index is 10.9. The van der Waals surface area contributed by atoms with Gasteiger partial charge in [0.1, 0.15) is 6.07 Å². The second kappa shape index (κ2) is 3.63. The molecule has 1 aliphatic rings. The summed E-state index contributed by atoms with van der Waals surface area (Å²) < 4.78 is 0. The molecule has 0 aromatic rings. The van der Waals surface area contributed by atoms with Crippen LogP contribution in [0.4, 0.5) is 0 Å². The van der Waals surface area contributed by atoms with Gasteiger partial charge in [0.25, 0.3) is 5.91 Å². The van der Waals surface area contributed by atoms with Crippen molar-refractivity contribution in [2.75, 3.05) is 0 Å². The molecule has 1 aliphatic heterocycles. The molecule has 0 unspecified atom stereocenters. The zero-order chi connectivity index (χ0) is 9.84. The summed E-state index contributed by atoms with van der Waals surface area (Å²) in [5.74, 6) is -0.727. The van der Waals surface area contributed by atoms with Crippen molar-refractivity contribution in [2.45, 2.75) is 13.3 Å². The third-order valence-corrected chi connectivity index (χ3v) is 1.47. The van der Waals surface area contributed by atoms with Gasteiger partial charge in [0, 0.05) is 18.3 Å². The molecule has 0 saturated heterocycles. The summed E-state index contributed by atoms with van der Waals surface area (Å²) in [4.78, 5) is 18.5. The van der Waals surface area contributed by atoms with Gasteiger partial charge in [-0.2, -0.15) is 5.26 Å². The highest BCUT2D eigenvalue weighted by molar-refractivity contribution is 6.02. The molecule has 0 aliphatic carbocycles. The molecular weight excluding hydrogens is 168 g/mol. The number of hydrogen-bond acceptors (Lipinski definition) is 4. The van der Waals surface area contributed by atoms with E-state index in [2.05, 4.69) is 9.98 Å². The van der Waals surface area contributed by atoms with Gasteiger partial charge in [0.15, 0.2) is 11.4 Å². The van der Waals surface area contributed by atoms with E-state index < -0.39 is 5.91 Å². The molecule has 0 atom stereocenters. The molecule has 13 heavy (non-hydrogen) atoms. The number of nitriles is 1. The van der Waals surface area contributed by atoms with Crippen LogP contribution in [-0.4, -0.2) is 17.8 Å². The SMILES string of the molecule is CC1=NC(C(N)=O)=C(C#N)N=CC1. The van der Waals surface area contributed by atoms with E-state index >= 15 is 0 Å². The smallest absolute Gasteiger partial charge is 0.270 e. The van der Waals surface area contributed by atoms with Gasteiger partial charge in [-0.05, 0) is 6.92 Å². The first-order valence-corrected chi connectivity index (χ1v) is 3.66. The van der Waals surface area contributed by atoms with Gasteiger partial charge in [-0.3, -0.25) is 4.79 Å². The van der Waals surface area contributed by atoms with Crippen molar-refractivity contribution in [3.8, 4) is 6.07 Å². The van der Waals surface area contributed by atoms with Crippen LogP contribution in [0.3, 0.4) is 0 Å². The third-order valence-electron chi connectivity index (χ3n) is 1.47. The standard InChI is InChI=1S/C8H8N4O/c1-5-2-3-11-6(4-9)7(12-5)8(10)13/h3H,2H2,1H3,(H2,10,13). The number of rotatable bonds is 1. The van der Waals surface area contributed by atoms with Gasteiger partial charge in [-0.1, -0.05) is 0 Å². The number of aliphatic imine (C=N–C) groups is 2. The van der Waals surface area contributed by atoms with E-state index in [1.54, 1.807) is 13.0 Å². The van der Waals surface area contributed by atoms with Crippen LogP contribution in [-0.2, 0) is 4.79 Å². The van der Waals surface area contributed by atoms with Crippen molar-refractivity contribution in [2.24, 2.45) is 15.7 Å². The van der Waals surface area contributed by atoms with Gasteiger partial charge in [0.2, 0.25) is 0 Å². The minimum atomic E-state index is -0.727. The van der Waals surface area contributed by atoms with Crippen LogP contribution in [0.2, 0.25) is 0 Å². The highest BCUT2D eigenvalue weighted by Gasteiger charge is 2.13. The summed E-state index contributed by atoms with van der Waals surface area (Å²) in [7, 11) is 0. The van der Waals surface area contributed by atoms with E-state index in [0.29, 0.717) is 12.1 Å². The number of allylic oxidation sites excluding steroid dienone is 1. The Morgan fingerprint density at radius 2 is 2.46 bits per heavy atom. The molecule has 0 bridgehead atoms. The van der Waals surface area contributed by atoms with Crippen LogP contribution in [0.1, 0.15) is 13.3 Å². The predicted molar refractivity (Wildman–Crippen MR) is 48.1 cm³/mol. The lowest BCUT2D eigenvalue weighted by Crippen LogP contribution is -2.14. The predicted octanol–water partition coefficient (Wildman–Crippen LogP) is 0.142. The van der Waals surface area contributed by atoms with E-state index in [9.17, 15) is 4.79 Å². The van der Waals surface area contributed by atoms with Crippen LogP contribution in [0.5, 0.6) is 0 Å². The molecule has 0 spiro atoms. The number of amides is 1. The lowest BCUT2D eigenvalue weighted by molar-refractivity contribution is -0.114. The van der Waals surface area contributed by atoms with E-state index in [1.165, 1.54) is 6.21 Å². The van der Waals surface area contributed by atoms with Crippen LogP contribution in [0, 0.1) is 11.3 Å². The van der Waals surface area contributed by atoms with Crippen molar-refractivity contribution in [1.82, 2.24) is 0 Å². The lowest BCUT2D eigenvalue weighted by Gasteiger charge is -1.95. The number of hydrogen-bond donors (Lipinski definition) is 1. The molecule has 66 valence electrons. The molecule has 5 heteroatoms. The summed E-state index contributed by atoms with van der Waals surface area (Å²) in [6, 6.07) is 1.77. The Morgan fingerprint density at radius 3 is 3.00 bits per heavy atom. The molecule has 1 rings (SSSR count). The van der Waals surface area contributed by atoms with E-state index in [-0.39, 0.29) is 11.4 Å². The number of carbonyl (C=O) groups is 1. The average Bonchev–Trinajstić information content (AvgIpc) is 2.26. The Kier molecular flexibility index (Phi) is 2.55. The van der Waals surface area contributed by atoms with Crippen molar-refractivity contribution in [3.05, 3.63) is 11.4 Å². The molecule has 5 nitrogen and oxygen atoms in total. The fraction of sp³-hybridized carbons (Fsp3) is 0.250. The second-order valence-electron chi connectivity index (χ2n) is 2.54. The van der Waals surface area contributed by atoms with Crippen LogP contribution >= 0.6 is 0 Å². The molecule has 2 N–H and O–H groups in total. The third kappa shape index (κ3) is 1.99. The molecule has 1 amide bonds. The Balaban J connectivity index is 3.26. The van der Waals surface area contributed by atoms with E-state index in [4.69, 9.17) is 11.0 Å². The van der Waals surface area contributed by atoms with Crippen LogP contribution < -0.4 is 5.73 Å². The maximum absolute atomic E-state index is 10.9. The van der Waals surface area contributed by atoms with E-state index in [0.717, 1.165) is 0 Å². The minimum absolute atomic E-state index is 0.0237. The van der Waals surface area contributed by atoms with Gasteiger partial charge in [-0.25, -0.2) is 9.98 Å². The first-order valence-electron chi connectivity index (χ1n) is 3.66. The summed E-state index contributed by atoms with van der Waals surface area (Å²) >= 11 is 0. The summed E-state index contributed by atoms with van der Waals surface area (Å²) in [6.45, 7) is 1.75. The molecule has 0 fully saturated rings. The molecule has 0 aromatic carbocycles. The van der Waals surface area contributed by atoms with Gasteiger partial charge in [-0.15, -0.1) is 0 Å². The summed E-state index contributed by atoms with van der Waals surface area (Å²) in [6.07, 6.45) is 2.06. The fourth-order valence-electron chi connectivity index (χ4n) is 0.873. The second-order valence-corrected chi connectivity index (χ2v) is 2.54. The summed E-state index contributed by atoms with van der Waals surface area (Å²) in [5.41, 5.74) is 5.66. The largest absolute Gasteiger partial charge is 0.364 e. The first-order chi connectivity index (χ1) is 6.15. The topological polar surface area (TPSA) is 91.6 Å². The molecule has 0 aromatic heterocycles. The van der Waals surface area contributed by atoms with E-state index in [1.807, 2.05) is 0 Å². The average molecular weight is 176 g/mol. The van der Waals surface area contributed by atoms with Crippen LogP contribution in [0.15, 0.2) is 21.4 Å². The number of nitrogens with zero attached hydrogens (tertiary/aromatic N) is 3. The van der Waals surface area contributed by atoms with Gasteiger partial charge < -0.3 is 5.73 Å². The highest BCUT2D eigenvalue weighted by atomic mass is 16.1. The zero-order valence-electron chi connectivity index (χ0n) is 7.11. The number of carbonyl (C=O) groups excluding carboxylic acids is 1. The van der Waals surface area contributed by atoms with Crippen molar-refractivity contribution in [1.29, 1.82) is 5.26 Å². The van der Waals surface area contributed by atoms with Crippen LogP contribution in [0.25, 0.3) is 0 Å². The quantitative estimate of drug-likeness (QED) is 0.615. The molecular formula is C8H8N4O. The van der Waals surface area contributed by atoms with Gasteiger partial charge >= 0.3 is 0 Å². The minimum Gasteiger partial charge on any atom is -0.364 e. The van der Waals surface area contributed by atoms with Crippen molar-refractivity contribution in [3.63, 3.8) is 0 Å². The number of nitrogens with two attached hydrogens (primary N) is 1. The monoisotopic (exact) mass is 176 g/mol. The Bertz CT molecular complexity index is 370. The summed E-state index contributed by atoms with van der Waals surface area (Å²) in [5, 5.41) is 8.62. The molecule has 1 heterocycles. The number of primary amides is 1. The van der Waals surface area contributed by atoms with Crippen molar-refractivity contribution < 1.29 is 4.79 Å². The Hall–Kier alpha value is -1.96. The maximum Gasteiger partial charge on any atom is 0.270 e. The molecule has 0 radical (unpaired) electrons. The normalized spacial score (nSPS) is 16.2. The first kappa shape index (κ1) is 9.13.